The van der Waals surface area contributed by atoms with Gasteiger partial charge >= 0.3 is 5.97 Å². The second-order valence-corrected chi connectivity index (χ2v) is 7.51. The zero-order valence-corrected chi connectivity index (χ0v) is 17.4. The van der Waals surface area contributed by atoms with Crippen LogP contribution in [0.3, 0.4) is 0 Å². The number of aromatic nitrogens is 4. The largest absolute Gasteiger partial charge is 0.466 e. The van der Waals surface area contributed by atoms with Gasteiger partial charge in [0, 0.05) is 36.5 Å². The van der Waals surface area contributed by atoms with Gasteiger partial charge in [0.25, 0.3) is 0 Å². The van der Waals surface area contributed by atoms with Crippen LogP contribution in [0.1, 0.15) is 43.7 Å². The van der Waals surface area contributed by atoms with E-state index in [4.69, 9.17) is 19.3 Å². The van der Waals surface area contributed by atoms with Crippen molar-refractivity contribution < 1.29 is 14.1 Å². The third-order valence-corrected chi connectivity index (χ3v) is 5.46. The van der Waals surface area contributed by atoms with Crippen molar-refractivity contribution in [2.75, 3.05) is 24.6 Å². The second kappa shape index (κ2) is 7.85. The van der Waals surface area contributed by atoms with Crippen LogP contribution >= 0.6 is 0 Å². The van der Waals surface area contributed by atoms with E-state index < -0.39 is 0 Å². The summed E-state index contributed by atoms with van der Waals surface area (Å²) in [5.41, 5.74) is 4.31. The third kappa shape index (κ3) is 3.59. The van der Waals surface area contributed by atoms with Crippen LogP contribution in [0.5, 0.6) is 0 Å². The van der Waals surface area contributed by atoms with Gasteiger partial charge in [-0.15, -0.1) is 0 Å². The highest BCUT2D eigenvalue weighted by molar-refractivity contribution is 5.74. The molecule has 29 heavy (non-hydrogen) atoms. The predicted octanol–water partition coefficient (Wildman–Crippen LogP) is 3.34. The molecule has 8 heteroatoms. The van der Waals surface area contributed by atoms with E-state index in [1.54, 1.807) is 0 Å². The van der Waals surface area contributed by atoms with E-state index in [-0.39, 0.29) is 11.9 Å². The Morgan fingerprint density at radius 1 is 1.28 bits per heavy atom. The van der Waals surface area contributed by atoms with Gasteiger partial charge in [0.05, 0.1) is 12.5 Å². The van der Waals surface area contributed by atoms with E-state index in [0.717, 1.165) is 60.0 Å². The molecule has 1 atom stereocenters. The van der Waals surface area contributed by atoms with Crippen LogP contribution in [0.25, 0.3) is 17.0 Å². The van der Waals surface area contributed by atoms with Gasteiger partial charge in [-0.05, 0) is 40.0 Å². The summed E-state index contributed by atoms with van der Waals surface area (Å²) < 4.78 is 12.4. The maximum Gasteiger partial charge on any atom is 0.310 e. The first-order chi connectivity index (χ1) is 14.0. The number of carbonyl (C=O) groups is 1. The van der Waals surface area contributed by atoms with E-state index >= 15 is 0 Å². The van der Waals surface area contributed by atoms with Crippen LogP contribution in [0.2, 0.25) is 0 Å². The quantitative estimate of drug-likeness (QED) is 0.610. The number of nitrogens with zero attached hydrogens (tertiary/aromatic N) is 5. The zero-order valence-electron chi connectivity index (χ0n) is 17.4. The van der Waals surface area contributed by atoms with Crippen LogP contribution in [0.15, 0.2) is 16.7 Å². The lowest BCUT2D eigenvalue weighted by molar-refractivity contribution is -0.148. The number of rotatable bonds is 5. The minimum absolute atomic E-state index is 0.114. The lowest BCUT2D eigenvalue weighted by atomic mass is 9.97. The molecule has 1 aliphatic heterocycles. The molecule has 4 rings (SSSR count). The van der Waals surface area contributed by atoms with Crippen molar-refractivity contribution in [3.05, 3.63) is 29.2 Å². The number of hydrogen-bond donors (Lipinski definition) is 0. The van der Waals surface area contributed by atoms with Gasteiger partial charge in [-0.2, -0.15) is 9.61 Å². The SMILES string of the molecule is CCOC(=O)[C@H]1CCCN(c2c(CC)c(C)nc3cc(-c4cc(C)on4)nn23)C1. The molecule has 0 bridgehead atoms. The lowest BCUT2D eigenvalue weighted by Crippen LogP contribution is -2.41. The average Bonchev–Trinajstić information content (AvgIpc) is 3.33. The van der Waals surface area contributed by atoms with Crippen LogP contribution in [0.4, 0.5) is 5.82 Å². The van der Waals surface area contributed by atoms with E-state index in [1.165, 1.54) is 0 Å². The van der Waals surface area contributed by atoms with E-state index in [9.17, 15) is 4.79 Å². The van der Waals surface area contributed by atoms with Crippen molar-refractivity contribution in [2.24, 2.45) is 5.92 Å². The summed E-state index contributed by atoms with van der Waals surface area (Å²) in [5, 5.41) is 8.89. The molecule has 0 aliphatic carbocycles. The molecule has 1 aliphatic rings. The molecule has 3 aromatic heterocycles. The van der Waals surface area contributed by atoms with Gasteiger partial charge in [-0.25, -0.2) is 4.98 Å². The van der Waals surface area contributed by atoms with E-state index in [2.05, 4.69) is 17.0 Å². The molecule has 0 radical (unpaired) electrons. The summed E-state index contributed by atoms with van der Waals surface area (Å²) in [4.78, 5) is 19.4. The van der Waals surface area contributed by atoms with Crippen molar-refractivity contribution in [2.45, 2.75) is 47.0 Å². The maximum atomic E-state index is 12.3. The van der Waals surface area contributed by atoms with Crippen molar-refractivity contribution >= 4 is 17.4 Å². The fraction of sp³-hybridized carbons (Fsp3) is 0.524. The Hall–Kier alpha value is -2.90. The molecular formula is C21H27N5O3. The second-order valence-electron chi connectivity index (χ2n) is 7.51. The molecule has 3 aromatic rings. The third-order valence-electron chi connectivity index (χ3n) is 5.46. The van der Waals surface area contributed by atoms with Gasteiger partial charge in [-0.3, -0.25) is 4.79 Å². The Morgan fingerprint density at radius 3 is 2.79 bits per heavy atom. The van der Waals surface area contributed by atoms with Crippen LogP contribution in [-0.4, -0.2) is 45.4 Å². The summed E-state index contributed by atoms with van der Waals surface area (Å²) in [5.74, 6) is 1.51. The van der Waals surface area contributed by atoms with Gasteiger partial charge in [-0.1, -0.05) is 12.1 Å². The Morgan fingerprint density at radius 2 is 2.10 bits per heavy atom. The zero-order chi connectivity index (χ0) is 20.5. The number of ether oxygens (including phenoxy) is 1. The number of carbonyl (C=O) groups excluding carboxylic acids is 1. The number of aryl methyl sites for hydroxylation is 2. The first kappa shape index (κ1) is 19.4. The summed E-state index contributed by atoms with van der Waals surface area (Å²) in [6.45, 7) is 9.77. The maximum absolute atomic E-state index is 12.3. The van der Waals surface area contributed by atoms with Crippen LogP contribution in [-0.2, 0) is 16.0 Å². The van der Waals surface area contributed by atoms with E-state index in [0.29, 0.717) is 18.8 Å². The minimum Gasteiger partial charge on any atom is -0.466 e. The predicted molar refractivity (Wildman–Crippen MR) is 109 cm³/mol. The molecule has 0 spiro atoms. The molecule has 0 aromatic carbocycles. The molecule has 154 valence electrons. The van der Waals surface area contributed by atoms with Crippen molar-refractivity contribution in [1.29, 1.82) is 0 Å². The van der Waals surface area contributed by atoms with Gasteiger partial charge in [0.2, 0.25) is 0 Å². The normalized spacial score (nSPS) is 17.1. The Balaban J connectivity index is 1.79. The smallest absolute Gasteiger partial charge is 0.310 e. The molecule has 4 heterocycles. The standard InChI is InChI=1S/C21H27N5O3/c1-5-16-14(4)22-19-11-17(18-10-13(3)29-24-18)23-26(19)20(16)25-9-7-8-15(12-25)21(27)28-6-2/h10-11,15H,5-9,12H2,1-4H3/t15-/m0/s1. The number of esters is 1. The van der Waals surface area contributed by atoms with Crippen LogP contribution < -0.4 is 4.90 Å². The number of piperidine rings is 1. The number of anilines is 1. The average molecular weight is 397 g/mol. The molecule has 8 nitrogen and oxygen atoms in total. The first-order valence-electron chi connectivity index (χ1n) is 10.3. The lowest BCUT2D eigenvalue weighted by Gasteiger charge is -2.34. The summed E-state index contributed by atoms with van der Waals surface area (Å²) in [6, 6.07) is 3.80. The highest BCUT2D eigenvalue weighted by atomic mass is 16.5. The molecule has 1 fully saturated rings. The number of fused-ring (bicyclic) bond motifs is 1. The highest BCUT2D eigenvalue weighted by Gasteiger charge is 2.30. The number of hydrogen-bond acceptors (Lipinski definition) is 7. The molecule has 0 unspecified atom stereocenters. The van der Waals surface area contributed by atoms with Crippen molar-refractivity contribution in [1.82, 2.24) is 19.8 Å². The molecule has 0 amide bonds. The molecule has 0 N–H and O–H groups in total. The molecule has 0 saturated carbocycles. The van der Waals surface area contributed by atoms with Crippen LogP contribution in [0, 0.1) is 19.8 Å². The van der Waals surface area contributed by atoms with Gasteiger partial charge in [0.1, 0.15) is 23.0 Å². The van der Waals surface area contributed by atoms with Gasteiger partial charge in [0.15, 0.2) is 5.65 Å². The monoisotopic (exact) mass is 397 g/mol. The minimum atomic E-state index is -0.120. The Kier molecular flexibility index (Phi) is 5.25. The summed E-state index contributed by atoms with van der Waals surface area (Å²) >= 11 is 0. The summed E-state index contributed by atoms with van der Waals surface area (Å²) in [7, 11) is 0. The highest BCUT2D eigenvalue weighted by Crippen LogP contribution is 2.31. The molecule has 1 saturated heterocycles. The topological polar surface area (TPSA) is 85.8 Å². The first-order valence-corrected chi connectivity index (χ1v) is 10.3. The Bertz CT molecular complexity index is 1040. The fourth-order valence-electron chi connectivity index (χ4n) is 4.11. The summed E-state index contributed by atoms with van der Waals surface area (Å²) in [6.07, 6.45) is 2.63. The van der Waals surface area contributed by atoms with Crippen molar-refractivity contribution in [3.8, 4) is 11.4 Å². The van der Waals surface area contributed by atoms with Crippen molar-refractivity contribution in [3.63, 3.8) is 0 Å². The van der Waals surface area contributed by atoms with E-state index in [1.807, 2.05) is 37.4 Å². The van der Waals surface area contributed by atoms with Gasteiger partial charge < -0.3 is 14.2 Å². The fourth-order valence-corrected chi connectivity index (χ4v) is 4.11. The Labute approximate surface area is 169 Å². The molecular weight excluding hydrogens is 370 g/mol.